The second-order valence-electron chi connectivity index (χ2n) is 13.3. The molecule has 0 unspecified atom stereocenters. The van der Waals surface area contributed by atoms with E-state index >= 15 is 0 Å². The van der Waals surface area contributed by atoms with E-state index in [2.05, 4.69) is 30.3 Å². The van der Waals surface area contributed by atoms with Gasteiger partial charge in [0.2, 0.25) is 0 Å². The van der Waals surface area contributed by atoms with Gasteiger partial charge in [-0.1, -0.05) is 194 Å². The van der Waals surface area contributed by atoms with Crippen LogP contribution in [0.2, 0.25) is 0 Å². The molecule has 0 fully saturated rings. The molecule has 0 atom stereocenters. The van der Waals surface area contributed by atoms with Crippen LogP contribution in [0, 0.1) is 0 Å². The summed E-state index contributed by atoms with van der Waals surface area (Å²) in [4.78, 5) is 0. The molecule has 0 aliphatic rings. The van der Waals surface area contributed by atoms with Gasteiger partial charge in [-0.3, -0.25) is 0 Å². The van der Waals surface area contributed by atoms with Gasteiger partial charge in [-0.2, -0.15) is 0 Å². The summed E-state index contributed by atoms with van der Waals surface area (Å²) in [7, 11) is 0. The molecule has 0 radical (unpaired) electrons. The lowest BCUT2D eigenvalue weighted by Gasteiger charge is -2.19. The van der Waals surface area contributed by atoms with Crippen LogP contribution in [0.3, 0.4) is 0 Å². The molecule has 0 aliphatic carbocycles. The first-order chi connectivity index (χ1) is 32.2. The maximum atomic E-state index is 9.47. The lowest BCUT2D eigenvalue weighted by Crippen LogP contribution is -1.96. The maximum Gasteiger partial charge on any atom is 0.143 e. The monoisotopic (exact) mass is 699 g/mol. The van der Waals surface area contributed by atoms with Crippen molar-refractivity contribution in [2.45, 2.75) is 6.42 Å². The lowest BCUT2D eigenvalue weighted by atomic mass is 9.84. The first-order valence-electron chi connectivity index (χ1n) is 24.2. The average molecular weight is 700 g/mol. The minimum absolute atomic E-state index is 0.0216. The molecule has 1 aromatic heterocycles. The molecule has 10 aromatic carbocycles. The van der Waals surface area contributed by atoms with Crippen LogP contribution in [-0.2, 0) is 6.42 Å². The topological polar surface area (TPSA) is 13.1 Å². The summed E-state index contributed by atoms with van der Waals surface area (Å²) in [5, 5.41) is 5.13. The van der Waals surface area contributed by atoms with E-state index in [0.29, 0.717) is 16.5 Å². The van der Waals surface area contributed by atoms with E-state index < -0.39 is 85.0 Å². The molecule has 0 amide bonds. The van der Waals surface area contributed by atoms with E-state index in [4.69, 9.17) is 16.8 Å². The zero-order chi connectivity index (χ0) is 46.9. The molecule has 0 aliphatic heterocycles. The summed E-state index contributed by atoms with van der Waals surface area (Å²) < 4.78 is 123. The van der Waals surface area contributed by atoms with Gasteiger partial charge in [0.1, 0.15) is 11.2 Å². The molecule has 0 saturated carbocycles. The van der Waals surface area contributed by atoms with Gasteiger partial charge in [0.15, 0.2) is 0 Å². The maximum absolute atomic E-state index is 9.47. The van der Waals surface area contributed by atoms with E-state index in [0.717, 1.165) is 54.8 Å². The van der Waals surface area contributed by atoms with E-state index in [1.54, 1.807) is 6.07 Å². The normalized spacial score (nSPS) is 15.1. The van der Waals surface area contributed by atoms with Crippen molar-refractivity contribution in [3.8, 4) is 33.4 Å². The minimum Gasteiger partial charge on any atom is -0.455 e. The van der Waals surface area contributed by atoms with Crippen LogP contribution in [0.1, 0.15) is 28.9 Å². The Morgan fingerprint density at radius 3 is 1.48 bits per heavy atom. The van der Waals surface area contributed by atoms with Crippen LogP contribution in [0.15, 0.2) is 198 Å². The zero-order valence-corrected chi connectivity index (χ0v) is 28.6. The Balaban J connectivity index is 1.23. The number of furan rings is 1. The Labute approximate surface area is 331 Å². The molecule has 11 aromatic rings. The van der Waals surface area contributed by atoms with Crippen molar-refractivity contribution >= 4 is 65.0 Å². The van der Waals surface area contributed by atoms with E-state index in [9.17, 15) is 5.48 Å². The SMILES string of the molecule is [2H]c1c([2H])c([2H])c(Cc2c3c([2H])c([2H])c([2H])c([2H])c3c(-c3ccc(-c4cccc5c4oc4c(-c6cccc7ccccc67)cccc45)c4ccccc34)c3c([2H])c([2H])c([2H])c([2H])c23)c([2H])c1[2H]. The summed E-state index contributed by atoms with van der Waals surface area (Å²) >= 11 is 0. The van der Waals surface area contributed by atoms with Crippen LogP contribution < -0.4 is 0 Å². The standard InChI is InChI=1S/C53H34O/c1-2-15-34(16-3-1)33-50-40-22-8-10-24-43(40)51(44-25-11-9-23-41(44)50)45-32-31-42(38-20-6-7-21-39(38)45)47-28-14-30-49-48-29-13-27-46(52(48)54-53(47)49)37-26-12-18-35-17-4-5-19-36(35)37/h1-32H,33H2/i1D,2D,3D,8D,9D,10D,11D,15D,16D,22D,23D,24D,25D. The highest BCUT2D eigenvalue weighted by Gasteiger charge is 2.21. The third kappa shape index (κ3) is 4.72. The number of para-hydroxylation sites is 2. The second kappa shape index (κ2) is 12.3. The van der Waals surface area contributed by atoms with Crippen molar-refractivity contribution in [2.75, 3.05) is 0 Å². The van der Waals surface area contributed by atoms with Gasteiger partial charge in [0, 0.05) is 21.9 Å². The molecule has 11 rings (SSSR count). The van der Waals surface area contributed by atoms with Crippen molar-refractivity contribution in [3.05, 3.63) is 205 Å². The first-order valence-corrected chi connectivity index (χ1v) is 17.7. The van der Waals surface area contributed by atoms with Gasteiger partial charge in [-0.05, 0) is 82.9 Å². The summed E-state index contributed by atoms with van der Waals surface area (Å²) in [6.45, 7) is 0. The second-order valence-corrected chi connectivity index (χ2v) is 13.3. The fraction of sp³-hybridized carbons (Fsp3) is 0.0189. The highest BCUT2D eigenvalue weighted by molar-refractivity contribution is 6.21. The highest BCUT2D eigenvalue weighted by Crippen LogP contribution is 2.46. The van der Waals surface area contributed by atoms with Crippen LogP contribution in [0.5, 0.6) is 0 Å². The van der Waals surface area contributed by atoms with Crippen molar-refractivity contribution in [1.29, 1.82) is 0 Å². The van der Waals surface area contributed by atoms with Crippen molar-refractivity contribution in [3.63, 3.8) is 0 Å². The molecule has 54 heavy (non-hydrogen) atoms. The fourth-order valence-electron chi connectivity index (χ4n) is 8.15. The average Bonchev–Trinajstić information content (AvgIpc) is 3.74. The third-order valence-corrected chi connectivity index (χ3v) is 10.5. The Hall–Kier alpha value is -6.96. The summed E-state index contributed by atoms with van der Waals surface area (Å²) in [6.07, 6.45) is -0.503. The van der Waals surface area contributed by atoms with E-state index in [-0.39, 0.29) is 38.2 Å². The Morgan fingerprint density at radius 1 is 0.352 bits per heavy atom. The molecular weight excluding hydrogens is 653 g/mol. The zero-order valence-electron chi connectivity index (χ0n) is 41.6. The number of hydrogen-bond acceptors (Lipinski definition) is 1. The summed E-state index contributed by atoms with van der Waals surface area (Å²) in [5.74, 6) is 0. The van der Waals surface area contributed by atoms with Crippen LogP contribution >= 0.6 is 0 Å². The molecule has 252 valence electrons. The highest BCUT2D eigenvalue weighted by atomic mass is 16.3. The van der Waals surface area contributed by atoms with Crippen LogP contribution in [0.25, 0.3) is 98.4 Å². The Morgan fingerprint density at radius 2 is 0.815 bits per heavy atom. The summed E-state index contributed by atoms with van der Waals surface area (Å²) in [6, 6.07) is 30.5. The number of hydrogen-bond donors (Lipinski definition) is 0. The largest absolute Gasteiger partial charge is 0.455 e. The molecule has 0 spiro atoms. The number of fused-ring (bicyclic) bond motifs is 7. The Bertz CT molecular complexity index is 3890. The fourth-order valence-corrected chi connectivity index (χ4v) is 8.15. The predicted molar refractivity (Wildman–Crippen MR) is 229 cm³/mol. The number of rotatable bonds is 5. The molecule has 1 heteroatoms. The molecule has 0 saturated heterocycles. The quantitative estimate of drug-likeness (QED) is 0.163. The smallest absolute Gasteiger partial charge is 0.143 e. The lowest BCUT2D eigenvalue weighted by molar-refractivity contribution is 0.671. The minimum atomic E-state index is -0.620. The molecule has 1 nitrogen and oxygen atoms in total. The van der Waals surface area contributed by atoms with Crippen LogP contribution in [0.4, 0.5) is 0 Å². The molecular formula is C53H34O. The van der Waals surface area contributed by atoms with Crippen molar-refractivity contribution in [1.82, 2.24) is 0 Å². The molecule has 1 heterocycles. The first kappa shape index (κ1) is 20.3. The Kier molecular flexibility index (Phi) is 4.64. The van der Waals surface area contributed by atoms with Gasteiger partial charge in [0.05, 0.1) is 17.8 Å². The number of benzene rings is 10. The van der Waals surface area contributed by atoms with Gasteiger partial charge in [0.25, 0.3) is 0 Å². The van der Waals surface area contributed by atoms with E-state index in [1.807, 2.05) is 78.9 Å². The van der Waals surface area contributed by atoms with Crippen molar-refractivity contribution < 1.29 is 22.2 Å². The molecule has 0 N–H and O–H groups in total. The third-order valence-electron chi connectivity index (χ3n) is 10.5. The molecule has 0 bridgehead atoms. The van der Waals surface area contributed by atoms with Crippen molar-refractivity contribution in [2.24, 2.45) is 0 Å². The van der Waals surface area contributed by atoms with Gasteiger partial charge >= 0.3 is 0 Å². The summed E-state index contributed by atoms with van der Waals surface area (Å²) in [5.41, 5.74) is 5.28. The van der Waals surface area contributed by atoms with Crippen LogP contribution in [-0.4, -0.2) is 0 Å². The van der Waals surface area contributed by atoms with Gasteiger partial charge < -0.3 is 4.42 Å². The van der Waals surface area contributed by atoms with Gasteiger partial charge in [-0.15, -0.1) is 0 Å². The van der Waals surface area contributed by atoms with Gasteiger partial charge in [-0.25, -0.2) is 0 Å². The van der Waals surface area contributed by atoms with E-state index in [1.165, 1.54) is 0 Å². The predicted octanol–water partition coefficient (Wildman–Crippen LogP) is 14.8.